The fraction of sp³-hybridized carbons (Fsp3) is 0.533. The molecule has 2 aliphatic rings. The Labute approximate surface area is 158 Å². The van der Waals surface area contributed by atoms with E-state index in [0.717, 1.165) is 10.4 Å². The van der Waals surface area contributed by atoms with Gasteiger partial charge in [-0.25, -0.2) is 0 Å². The number of aromatic amines is 1. The molecule has 11 heteroatoms. The molecule has 4 rings (SSSR count). The molecule has 4 heterocycles. The van der Waals surface area contributed by atoms with E-state index in [2.05, 4.69) is 25.9 Å². The molecule has 4 N–H and O–H groups in total. The molecular weight excluding hydrogens is 374 g/mol. The summed E-state index contributed by atoms with van der Waals surface area (Å²) in [5.74, 6) is 0.220. The monoisotopic (exact) mass is 393 g/mol. The van der Waals surface area contributed by atoms with Gasteiger partial charge in [0.2, 0.25) is 11.8 Å². The molecule has 2 aromatic rings. The number of β-lactam (4-membered cyclic amide) rings is 1. The van der Waals surface area contributed by atoms with Crippen molar-refractivity contribution in [3.8, 4) is 0 Å². The Hall–Kier alpha value is -1.98. The quantitative estimate of drug-likeness (QED) is 0.618. The van der Waals surface area contributed by atoms with Crippen LogP contribution in [0.1, 0.15) is 36.2 Å². The van der Waals surface area contributed by atoms with E-state index in [-0.39, 0.29) is 34.4 Å². The summed E-state index contributed by atoms with van der Waals surface area (Å²) in [5, 5.41) is 18.8. The minimum Gasteiger partial charge on any atom is -0.341 e. The van der Waals surface area contributed by atoms with Gasteiger partial charge >= 0.3 is 0 Å². The number of H-pyrrole nitrogens is 1. The summed E-state index contributed by atoms with van der Waals surface area (Å²) in [5.41, 5.74) is 6.66. The van der Waals surface area contributed by atoms with Crippen molar-refractivity contribution in [2.75, 3.05) is 0 Å². The van der Waals surface area contributed by atoms with Gasteiger partial charge in [0.05, 0.1) is 6.42 Å². The maximum atomic E-state index is 12.7. The summed E-state index contributed by atoms with van der Waals surface area (Å²) in [6, 6.07) is 1.14. The van der Waals surface area contributed by atoms with Crippen LogP contribution in [0.3, 0.4) is 0 Å². The van der Waals surface area contributed by atoms with Crippen molar-refractivity contribution in [3.63, 3.8) is 0 Å². The molecule has 2 fully saturated rings. The topological polar surface area (TPSA) is 130 Å². The minimum atomic E-state index is -0.523. The highest BCUT2D eigenvalue weighted by Gasteiger charge is 2.63. The Morgan fingerprint density at radius 1 is 1.50 bits per heavy atom. The first-order valence-corrected chi connectivity index (χ1v) is 9.96. The second-order valence-corrected chi connectivity index (χ2v) is 9.60. The molecule has 0 spiro atoms. The van der Waals surface area contributed by atoms with Crippen molar-refractivity contribution < 1.29 is 9.59 Å². The average Bonchev–Trinajstić information content (AvgIpc) is 3.30. The maximum Gasteiger partial charge on any atom is 0.249 e. The third-order valence-electron chi connectivity index (χ3n) is 4.74. The van der Waals surface area contributed by atoms with E-state index in [4.69, 9.17) is 5.73 Å². The number of thioether (sulfide) groups is 1. The van der Waals surface area contributed by atoms with E-state index in [1.807, 2.05) is 25.3 Å². The number of nitrogens with two attached hydrogens (primary N) is 1. The molecule has 0 saturated carbocycles. The van der Waals surface area contributed by atoms with E-state index in [9.17, 15) is 9.59 Å². The fourth-order valence-electron chi connectivity index (χ4n) is 3.52. The van der Waals surface area contributed by atoms with Crippen molar-refractivity contribution in [1.29, 1.82) is 0 Å². The summed E-state index contributed by atoms with van der Waals surface area (Å²) >= 11 is 3.15. The predicted octanol–water partition coefficient (Wildman–Crippen LogP) is 0.182. The lowest BCUT2D eigenvalue weighted by molar-refractivity contribution is -0.151. The third-order valence-corrected chi connectivity index (χ3v) is 7.28. The lowest BCUT2D eigenvalue weighted by Crippen LogP contribution is -2.68. The zero-order valence-corrected chi connectivity index (χ0v) is 15.9. The van der Waals surface area contributed by atoms with Gasteiger partial charge in [-0.1, -0.05) is 5.21 Å². The van der Waals surface area contributed by atoms with Crippen LogP contribution in [-0.4, -0.2) is 53.5 Å². The molecule has 2 saturated heterocycles. The van der Waals surface area contributed by atoms with Crippen LogP contribution in [0, 0.1) is 0 Å². The lowest BCUT2D eigenvalue weighted by Gasteiger charge is -2.44. The Morgan fingerprint density at radius 3 is 3.00 bits per heavy atom. The molecule has 2 aromatic heterocycles. The van der Waals surface area contributed by atoms with Gasteiger partial charge in [-0.15, -0.1) is 33.3 Å². The second kappa shape index (κ2) is 6.32. The highest BCUT2D eigenvalue weighted by atomic mass is 32.2. The van der Waals surface area contributed by atoms with Gasteiger partial charge in [0.15, 0.2) is 5.82 Å². The normalized spacial score (nSPS) is 26.5. The van der Waals surface area contributed by atoms with Crippen LogP contribution in [0.4, 0.5) is 0 Å². The third kappa shape index (κ3) is 2.70. The largest absolute Gasteiger partial charge is 0.341 e. The summed E-state index contributed by atoms with van der Waals surface area (Å²) in [7, 11) is 0. The summed E-state index contributed by atoms with van der Waals surface area (Å²) in [6.07, 6.45) is 0.239. The molecule has 2 amide bonds. The number of nitrogens with one attached hydrogen (secondary N) is 2. The highest BCUT2D eigenvalue weighted by molar-refractivity contribution is 8.01. The van der Waals surface area contributed by atoms with Gasteiger partial charge in [0.25, 0.3) is 0 Å². The van der Waals surface area contributed by atoms with Crippen LogP contribution in [0.25, 0.3) is 0 Å². The average molecular weight is 393 g/mol. The van der Waals surface area contributed by atoms with E-state index in [1.54, 1.807) is 16.7 Å². The zero-order valence-electron chi connectivity index (χ0n) is 14.3. The number of amides is 2. The van der Waals surface area contributed by atoms with Crippen molar-refractivity contribution in [1.82, 2.24) is 30.8 Å². The van der Waals surface area contributed by atoms with Crippen molar-refractivity contribution in [2.45, 2.75) is 49.0 Å². The number of hydrogen-bond acceptors (Lipinski definition) is 8. The number of fused-ring (bicyclic) bond motifs is 1. The Bertz CT molecular complexity index is 835. The molecule has 3 atom stereocenters. The van der Waals surface area contributed by atoms with Crippen LogP contribution in [0.2, 0.25) is 0 Å². The number of nitrogens with zero attached hydrogens (tertiary/aromatic N) is 4. The summed E-state index contributed by atoms with van der Waals surface area (Å²) in [4.78, 5) is 27.8. The molecule has 9 nitrogen and oxygen atoms in total. The maximum absolute atomic E-state index is 12.7. The van der Waals surface area contributed by atoms with Gasteiger partial charge in [0.1, 0.15) is 17.5 Å². The number of aromatic nitrogens is 4. The van der Waals surface area contributed by atoms with Gasteiger partial charge < -0.3 is 16.0 Å². The van der Waals surface area contributed by atoms with E-state index < -0.39 is 6.04 Å². The van der Waals surface area contributed by atoms with E-state index in [1.165, 1.54) is 11.3 Å². The van der Waals surface area contributed by atoms with Crippen LogP contribution < -0.4 is 11.1 Å². The first-order valence-electron chi connectivity index (χ1n) is 8.20. The van der Waals surface area contributed by atoms with Crippen LogP contribution in [0.15, 0.2) is 11.4 Å². The van der Waals surface area contributed by atoms with Gasteiger partial charge in [-0.2, -0.15) is 5.21 Å². The van der Waals surface area contributed by atoms with Crippen molar-refractivity contribution >= 4 is 34.9 Å². The van der Waals surface area contributed by atoms with Gasteiger partial charge in [0, 0.05) is 16.2 Å². The van der Waals surface area contributed by atoms with Crippen LogP contribution in [-0.2, 0) is 22.6 Å². The van der Waals surface area contributed by atoms with Crippen molar-refractivity contribution in [2.24, 2.45) is 5.73 Å². The number of thiophene rings is 1. The van der Waals surface area contributed by atoms with Gasteiger partial charge in [-0.05, 0) is 30.9 Å². The smallest absolute Gasteiger partial charge is 0.249 e. The highest BCUT2D eigenvalue weighted by Crippen LogP contribution is 2.56. The Kier molecular flexibility index (Phi) is 4.24. The van der Waals surface area contributed by atoms with Crippen molar-refractivity contribution in [3.05, 3.63) is 27.7 Å². The van der Waals surface area contributed by atoms with Crippen LogP contribution in [0.5, 0.6) is 0 Å². The number of hydrogen-bond donors (Lipinski definition) is 3. The van der Waals surface area contributed by atoms with E-state index in [0.29, 0.717) is 12.4 Å². The molecule has 0 radical (unpaired) electrons. The second-order valence-electron chi connectivity index (χ2n) is 6.83. The lowest BCUT2D eigenvalue weighted by atomic mass is 9.95. The summed E-state index contributed by atoms with van der Waals surface area (Å²) < 4.78 is -0.274. The van der Waals surface area contributed by atoms with E-state index >= 15 is 0 Å². The molecule has 2 unspecified atom stereocenters. The van der Waals surface area contributed by atoms with Gasteiger partial charge in [-0.3, -0.25) is 9.59 Å². The number of carbonyl (C=O) groups excluding carboxylic acids is 2. The fourth-order valence-corrected chi connectivity index (χ4v) is 6.07. The molecule has 2 aliphatic heterocycles. The first kappa shape index (κ1) is 17.4. The molecule has 26 heavy (non-hydrogen) atoms. The molecular formula is C15H19N7O2S2. The zero-order chi connectivity index (χ0) is 18.5. The van der Waals surface area contributed by atoms with Crippen LogP contribution >= 0.6 is 23.1 Å². The SMILES string of the molecule is CC1(C)S[C@@H]2C(NC(=O)Cc3sccc3CN)C(=O)N2C1c1nn[nH]n1. The number of carbonyl (C=O) groups is 2. The minimum absolute atomic E-state index is 0.110. The Balaban J connectivity index is 1.46. The number of tetrazole rings is 1. The summed E-state index contributed by atoms with van der Waals surface area (Å²) in [6.45, 7) is 4.49. The molecule has 138 valence electrons. The first-order chi connectivity index (χ1) is 12.4. The Morgan fingerprint density at radius 2 is 2.31 bits per heavy atom. The molecule has 0 bridgehead atoms. The molecule has 0 aromatic carbocycles. The molecule has 0 aliphatic carbocycles. The predicted molar refractivity (Wildman–Crippen MR) is 97.1 cm³/mol. The number of rotatable bonds is 5. The standard InChI is InChI=1S/C15H19N7O2S2/c1-15(2)11(12-18-20-21-19-12)22-13(24)10(14(22)26-15)17-9(23)5-8-7(6-16)3-4-25-8/h3-4,10-11,14H,5-6,16H2,1-2H3,(H,17,23)(H,18,19,20,21)/t10?,11?,14-/m1/s1.